The summed E-state index contributed by atoms with van der Waals surface area (Å²) < 4.78 is 16.4. The molecule has 1 aromatic rings. The van der Waals surface area contributed by atoms with Gasteiger partial charge >= 0.3 is 0 Å². The Morgan fingerprint density at radius 3 is 2.96 bits per heavy atom. The Morgan fingerprint density at radius 1 is 1.48 bits per heavy atom. The van der Waals surface area contributed by atoms with Gasteiger partial charge in [-0.05, 0) is 44.9 Å². The second kappa shape index (κ2) is 10.5. The number of nitrogens with zero attached hydrogens (tertiary/aromatic N) is 2. The highest BCUT2D eigenvalue weighted by Crippen LogP contribution is 2.22. The van der Waals surface area contributed by atoms with Crippen molar-refractivity contribution >= 4 is 17.4 Å². The molecule has 1 atom stereocenters. The van der Waals surface area contributed by atoms with Gasteiger partial charge < -0.3 is 19.9 Å². The molecule has 1 aliphatic rings. The molecule has 1 aromatic carbocycles. The van der Waals surface area contributed by atoms with Crippen molar-refractivity contribution in [3.63, 3.8) is 0 Å². The monoisotopic (exact) mass is 370 g/mol. The maximum absolute atomic E-state index is 8.44. The minimum atomic E-state index is 0.0754. The highest BCUT2D eigenvalue weighted by molar-refractivity contribution is 6.48. The van der Waals surface area contributed by atoms with E-state index in [4.69, 9.17) is 31.8 Å². The third-order valence-corrected chi connectivity index (χ3v) is 4.04. The van der Waals surface area contributed by atoms with Crippen LogP contribution >= 0.6 is 0 Å². The van der Waals surface area contributed by atoms with E-state index >= 15 is 0 Å². The summed E-state index contributed by atoms with van der Waals surface area (Å²) in [7, 11) is 0. The van der Waals surface area contributed by atoms with Crippen LogP contribution in [0, 0.1) is 17.8 Å². The lowest BCUT2D eigenvalue weighted by atomic mass is 10.0. The van der Waals surface area contributed by atoms with Gasteiger partial charge in [-0.1, -0.05) is 5.92 Å². The molecule has 144 valence electrons. The summed E-state index contributed by atoms with van der Waals surface area (Å²) in [5.41, 5.74) is 7.71. The zero-order chi connectivity index (χ0) is 19.6. The van der Waals surface area contributed by atoms with Crippen molar-refractivity contribution in [2.24, 2.45) is 15.7 Å². The lowest BCUT2D eigenvalue weighted by Crippen LogP contribution is -2.20. The largest absolute Gasteiger partial charge is 0.467 e. The molecule has 7 heteroatoms. The van der Waals surface area contributed by atoms with Crippen LogP contribution in [-0.4, -0.2) is 50.0 Å². The first-order valence-electron chi connectivity index (χ1n) is 8.92. The number of guanidine groups is 1. The molecule has 0 spiro atoms. The van der Waals surface area contributed by atoms with Crippen LogP contribution in [0.5, 0.6) is 5.75 Å². The number of nitrogens with two attached hydrogens (primary N) is 1. The van der Waals surface area contributed by atoms with Crippen LogP contribution in [0.25, 0.3) is 0 Å². The van der Waals surface area contributed by atoms with Crippen molar-refractivity contribution in [2.45, 2.75) is 32.8 Å². The van der Waals surface area contributed by atoms with Gasteiger partial charge in [0.1, 0.15) is 5.75 Å². The SMILES string of the molecule is C#Cc1ccc(C(=N)C(C)=NC(N)=NC[C@H]2CCCO2)c(OCOCC)c1. The van der Waals surface area contributed by atoms with Gasteiger partial charge in [0.25, 0.3) is 0 Å². The molecule has 1 aliphatic heterocycles. The topological polar surface area (TPSA) is 102 Å². The van der Waals surface area contributed by atoms with Gasteiger partial charge in [0, 0.05) is 24.3 Å². The first kappa shape index (κ1) is 20.6. The van der Waals surface area contributed by atoms with Gasteiger partial charge in [-0.2, -0.15) is 0 Å². The Kier molecular flexibility index (Phi) is 7.99. The molecule has 2 rings (SSSR count). The first-order chi connectivity index (χ1) is 13.0. The van der Waals surface area contributed by atoms with Crippen molar-refractivity contribution in [3.05, 3.63) is 29.3 Å². The molecule has 0 saturated carbocycles. The number of rotatable bonds is 8. The van der Waals surface area contributed by atoms with Crippen LogP contribution in [0.4, 0.5) is 0 Å². The molecule has 1 fully saturated rings. The van der Waals surface area contributed by atoms with Crippen LogP contribution in [0.2, 0.25) is 0 Å². The van der Waals surface area contributed by atoms with E-state index < -0.39 is 0 Å². The van der Waals surface area contributed by atoms with E-state index in [1.165, 1.54) is 0 Å². The van der Waals surface area contributed by atoms with Crippen molar-refractivity contribution in [1.29, 1.82) is 5.41 Å². The quantitative estimate of drug-likeness (QED) is 0.241. The Bertz CT molecular complexity index is 759. The van der Waals surface area contributed by atoms with E-state index in [1.54, 1.807) is 25.1 Å². The van der Waals surface area contributed by atoms with E-state index in [-0.39, 0.29) is 24.6 Å². The maximum atomic E-state index is 8.44. The molecule has 3 N–H and O–H groups in total. The number of terminal acetylenes is 1. The van der Waals surface area contributed by atoms with Crippen molar-refractivity contribution < 1.29 is 14.2 Å². The number of ether oxygens (including phenoxy) is 3. The van der Waals surface area contributed by atoms with Crippen LogP contribution in [0.15, 0.2) is 28.2 Å². The maximum Gasteiger partial charge on any atom is 0.215 e. The average Bonchev–Trinajstić information content (AvgIpc) is 3.19. The number of benzene rings is 1. The third kappa shape index (κ3) is 6.20. The number of hydrogen-bond acceptors (Lipinski definition) is 5. The summed E-state index contributed by atoms with van der Waals surface area (Å²) in [6.45, 7) is 5.43. The number of aliphatic imine (C=N–C) groups is 2. The Hall–Kier alpha value is -2.69. The summed E-state index contributed by atoms with van der Waals surface area (Å²) >= 11 is 0. The predicted molar refractivity (Wildman–Crippen MR) is 107 cm³/mol. The minimum absolute atomic E-state index is 0.0754. The zero-order valence-corrected chi connectivity index (χ0v) is 15.8. The fourth-order valence-corrected chi connectivity index (χ4v) is 2.57. The van der Waals surface area contributed by atoms with Crippen molar-refractivity contribution in [1.82, 2.24) is 0 Å². The summed E-state index contributed by atoms with van der Waals surface area (Å²) in [6, 6.07) is 5.18. The Labute approximate surface area is 160 Å². The molecule has 0 amide bonds. The second-order valence-electron chi connectivity index (χ2n) is 6.02. The fraction of sp³-hybridized carbons (Fsp3) is 0.450. The highest BCUT2D eigenvalue weighted by Gasteiger charge is 2.15. The molecule has 0 bridgehead atoms. The number of nitrogens with one attached hydrogen (secondary N) is 1. The molecule has 0 aromatic heterocycles. The summed E-state index contributed by atoms with van der Waals surface area (Å²) in [6.07, 6.45) is 7.59. The molecule has 27 heavy (non-hydrogen) atoms. The van der Waals surface area contributed by atoms with E-state index in [9.17, 15) is 0 Å². The molecular weight excluding hydrogens is 344 g/mol. The second-order valence-corrected chi connectivity index (χ2v) is 6.02. The van der Waals surface area contributed by atoms with Crippen LogP contribution < -0.4 is 10.5 Å². The van der Waals surface area contributed by atoms with Gasteiger partial charge in [-0.25, -0.2) is 9.98 Å². The molecule has 7 nitrogen and oxygen atoms in total. The Morgan fingerprint density at radius 2 is 2.30 bits per heavy atom. The standard InChI is InChI=1S/C20H26N4O3/c1-4-15-8-9-17(18(11-15)27-13-25-5-2)19(21)14(3)24-20(22)23-12-16-7-6-10-26-16/h1,8-9,11,16,21H,5-7,10,12-13H2,2-3H3,(H2,22,23)/t16-/m1/s1. The molecule has 0 aliphatic carbocycles. The van der Waals surface area contributed by atoms with Crippen LogP contribution in [0.3, 0.4) is 0 Å². The fourth-order valence-electron chi connectivity index (χ4n) is 2.57. The smallest absolute Gasteiger partial charge is 0.215 e. The minimum Gasteiger partial charge on any atom is -0.467 e. The van der Waals surface area contributed by atoms with Gasteiger partial charge in [0.2, 0.25) is 5.96 Å². The van der Waals surface area contributed by atoms with Gasteiger partial charge in [0.05, 0.1) is 24.1 Å². The zero-order valence-electron chi connectivity index (χ0n) is 15.8. The molecular formula is C20H26N4O3. The summed E-state index contributed by atoms with van der Waals surface area (Å²) in [5.74, 6) is 3.15. The van der Waals surface area contributed by atoms with Crippen molar-refractivity contribution in [3.8, 4) is 18.1 Å². The van der Waals surface area contributed by atoms with Crippen LogP contribution in [0.1, 0.15) is 37.8 Å². The van der Waals surface area contributed by atoms with Gasteiger partial charge in [-0.3, -0.25) is 5.41 Å². The predicted octanol–water partition coefficient (Wildman–Crippen LogP) is 2.36. The summed E-state index contributed by atoms with van der Waals surface area (Å²) in [4.78, 5) is 8.47. The lowest BCUT2D eigenvalue weighted by Gasteiger charge is -2.13. The Balaban J connectivity index is 2.14. The summed E-state index contributed by atoms with van der Waals surface area (Å²) in [5, 5.41) is 8.44. The molecule has 1 heterocycles. The first-order valence-corrected chi connectivity index (χ1v) is 8.92. The van der Waals surface area contributed by atoms with Crippen molar-refractivity contribution in [2.75, 3.05) is 26.6 Å². The lowest BCUT2D eigenvalue weighted by molar-refractivity contribution is 0.0223. The van der Waals surface area contributed by atoms with E-state index in [0.29, 0.717) is 35.7 Å². The average molecular weight is 370 g/mol. The van der Waals surface area contributed by atoms with Gasteiger partial charge in [0.15, 0.2) is 6.79 Å². The highest BCUT2D eigenvalue weighted by atomic mass is 16.7. The number of hydrogen-bond donors (Lipinski definition) is 2. The van der Waals surface area contributed by atoms with Crippen LogP contribution in [-0.2, 0) is 9.47 Å². The molecule has 0 radical (unpaired) electrons. The molecule has 1 saturated heterocycles. The van der Waals surface area contributed by atoms with E-state index in [0.717, 1.165) is 19.4 Å². The third-order valence-electron chi connectivity index (χ3n) is 4.04. The normalized spacial score (nSPS) is 17.6. The van der Waals surface area contributed by atoms with E-state index in [1.807, 2.05) is 6.92 Å². The van der Waals surface area contributed by atoms with Gasteiger partial charge in [-0.15, -0.1) is 6.42 Å². The molecule has 0 unspecified atom stereocenters. The van der Waals surface area contributed by atoms with E-state index in [2.05, 4.69) is 15.9 Å².